The van der Waals surface area contributed by atoms with Crippen LogP contribution < -0.4 is 21.9 Å². The number of aromatic amines is 1. The maximum absolute atomic E-state index is 12.2. The summed E-state index contributed by atoms with van der Waals surface area (Å²) in [6.45, 7) is 4.34. The van der Waals surface area contributed by atoms with E-state index in [1.165, 1.54) is 11.7 Å². The number of furan rings is 1. The number of aromatic nitrogens is 2. The Balaban J connectivity index is 2.35. The third-order valence-electron chi connectivity index (χ3n) is 4.06. The lowest BCUT2D eigenvalue weighted by molar-refractivity contribution is 0.0562. The molecule has 142 valence electrons. The van der Waals surface area contributed by atoms with Crippen molar-refractivity contribution in [2.75, 3.05) is 24.8 Å². The highest BCUT2D eigenvalue weighted by Gasteiger charge is 2.20. The number of carbonyl (C=O) groups is 1. The second-order valence-corrected chi connectivity index (χ2v) is 6.07. The molecule has 0 unspecified atom stereocenters. The first-order valence-corrected chi connectivity index (χ1v) is 8.31. The summed E-state index contributed by atoms with van der Waals surface area (Å²) in [6, 6.07) is 1.69. The first-order valence-electron chi connectivity index (χ1n) is 8.31. The van der Waals surface area contributed by atoms with E-state index in [9.17, 15) is 14.4 Å². The zero-order valence-corrected chi connectivity index (χ0v) is 15.4. The number of esters is 1. The standard InChI is InChI=1S/C17H24N4O5/c1-5-6-7-21-14(18)12(15(22)19-17(21)24)20(3)9-11-8-10(2)13(26-11)16(23)25-4/h8H,5-7,9,18H2,1-4H3,(H,19,22,24). The first kappa shape index (κ1) is 19.4. The number of anilines is 2. The van der Waals surface area contributed by atoms with Gasteiger partial charge in [-0.05, 0) is 19.4 Å². The largest absolute Gasteiger partial charge is 0.463 e. The fraction of sp³-hybridized carbons (Fsp3) is 0.471. The normalized spacial score (nSPS) is 10.8. The summed E-state index contributed by atoms with van der Waals surface area (Å²) in [7, 11) is 2.93. The Morgan fingerprint density at radius 1 is 1.42 bits per heavy atom. The van der Waals surface area contributed by atoms with Gasteiger partial charge < -0.3 is 19.8 Å². The van der Waals surface area contributed by atoms with E-state index in [0.717, 1.165) is 12.8 Å². The highest BCUT2D eigenvalue weighted by Crippen LogP contribution is 2.21. The summed E-state index contributed by atoms with van der Waals surface area (Å²) in [5.41, 5.74) is 5.79. The molecule has 0 aromatic carbocycles. The molecule has 0 atom stereocenters. The number of unbranched alkanes of at least 4 members (excludes halogenated alkanes) is 1. The summed E-state index contributed by atoms with van der Waals surface area (Å²) in [5, 5.41) is 0. The minimum absolute atomic E-state index is 0.103. The number of nitrogens with one attached hydrogen (secondary N) is 1. The van der Waals surface area contributed by atoms with Gasteiger partial charge in [-0.25, -0.2) is 9.59 Å². The molecule has 0 fully saturated rings. The Kier molecular flexibility index (Phi) is 5.91. The molecule has 0 bridgehead atoms. The fourth-order valence-corrected chi connectivity index (χ4v) is 2.72. The number of ether oxygens (including phenoxy) is 1. The lowest BCUT2D eigenvalue weighted by Gasteiger charge is -2.20. The average molecular weight is 364 g/mol. The van der Waals surface area contributed by atoms with Crippen molar-refractivity contribution in [3.05, 3.63) is 44.0 Å². The lowest BCUT2D eigenvalue weighted by Crippen LogP contribution is -2.37. The number of H-pyrrole nitrogens is 1. The predicted molar refractivity (Wildman–Crippen MR) is 97.5 cm³/mol. The van der Waals surface area contributed by atoms with Crippen molar-refractivity contribution in [2.45, 2.75) is 39.8 Å². The average Bonchev–Trinajstić information content (AvgIpc) is 2.93. The molecule has 2 aromatic rings. The lowest BCUT2D eigenvalue weighted by atomic mass is 10.2. The van der Waals surface area contributed by atoms with Gasteiger partial charge in [0.1, 0.15) is 17.3 Å². The van der Waals surface area contributed by atoms with Gasteiger partial charge in [-0.2, -0.15) is 0 Å². The van der Waals surface area contributed by atoms with Gasteiger partial charge in [0.05, 0.1) is 13.7 Å². The molecule has 2 rings (SSSR count). The van der Waals surface area contributed by atoms with Crippen molar-refractivity contribution in [3.63, 3.8) is 0 Å². The highest BCUT2D eigenvalue weighted by molar-refractivity contribution is 5.87. The van der Waals surface area contributed by atoms with Crippen LogP contribution in [0.15, 0.2) is 20.1 Å². The summed E-state index contributed by atoms with van der Waals surface area (Å²) in [4.78, 5) is 39.8. The van der Waals surface area contributed by atoms with Crippen molar-refractivity contribution < 1.29 is 13.9 Å². The maximum Gasteiger partial charge on any atom is 0.374 e. The molecule has 0 aliphatic heterocycles. The number of hydrogen-bond acceptors (Lipinski definition) is 7. The molecule has 0 spiro atoms. The van der Waals surface area contributed by atoms with Crippen LogP contribution in [-0.4, -0.2) is 29.7 Å². The number of rotatable bonds is 7. The van der Waals surface area contributed by atoms with Gasteiger partial charge in [-0.3, -0.25) is 14.3 Å². The van der Waals surface area contributed by atoms with Crippen LogP contribution in [0.25, 0.3) is 0 Å². The predicted octanol–water partition coefficient (Wildman–Crippen LogP) is 1.24. The van der Waals surface area contributed by atoms with Crippen LogP contribution in [0, 0.1) is 6.92 Å². The number of aryl methyl sites for hydroxylation is 1. The van der Waals surface area contributed by atoms with E-state index in [1.54, 1.807) is 24.9 Å². The van der Waals surface area contributed by atoms with E-state index in [-0.39, 0.29) is 23.8 Å². The Morgan fingerprint density at radius 3 is 2.73 bits per heavy atom. The smallest absolute Gasteiger partial charge is 0.374 e. The SMILES string of the molecule is CCCCn1c(N)c(N(C)Cc2cc(C)c(C(=O)OC)o2)c(=O)[nH]c1=O. The van der Waals surface area contributed by atoms with Crippen molar-refractivity contribution in [2.24, 2.45) is 0 Å². The molecule has 3 N–H and O–H groups in total. The van der Waals surface area contributed by atoms with Crippen molar-refractivity contribution in [1.82, 2.24) is 9.55 Å². The van der Waals surface area contributed by atoms with Crippen LogP contribution in [0.2, 0.25) is 0 Å². The quantitative estimate of drug-likeness (QED) is 0.708. The number of nitrogens with two attached hydrogens (primary N) is 1. The molecule has 0 saturated carbocycles. The molecule has 9 nitrogen and oxygen atoms in total. The van der Waals surface area contributed by atoms with Crippen LogP contribution in [0.3, 0.4) is 0 Å². The molecule has 9 heteroatoms. The monoisotopic (exact) mass is 364 g/mol. The number of methoxy groups -OCH3 is 1. The van der Waals surface area contributed by atoms with Crippen molar-refractivity contribution in [3.8, 4) is 0 Å². The van der Waals surface area contributed by atoms with E-state index in [4.69, 9.17) is 10.2 Å². The van der Waals surface area contributed by atoms with Gasteiger partial charge in [-0.15, -0.1) is 0 Å². The zero-order valence-electron chi connectivity index (χ0n) is 15.4. The molecule has 0 radical (unpaired) electrons. The molecule has 0 aliphatic rings. The molecular formula is C17H24N4O5. The van der Waals surface area contributed by atoms with Crippen LogP contribution in [0.4, 0.5) is 11.5 Å². The van der Waals surface area contributed by atoms with E-state index in [0.29, 0.717) is 17.9 Å². The second-order valence-electron chi connectivity index (χ2n) is 6.07. The van der Waals surface area contributed by atoms with E-state index >= 15 is 0 Å². The number of hydrogen-bond donors (Lipinski definition) is 2. The molecule has 0 amide bonds. The van der Waals surface area contributed by atoms with Crippen LogP contribution in [-0.2, 0) is 17.8 Å². The van der Waals surface area contributed by atoms with Crippen molar-refractivity contribution >= 4 is 17.5 Å². The summed E-state index contributed by atoms with van der Waals surface area (Å²) < 4.78 is 11.5. The van der Waals surface area contributed by atoms with Crippen LogP contribution in [0.1, 0.15) is 41.6 Å². The summed E-state index contributed by atoms with van der Waals surface area (Å²) in [6.07, 6.45) is 1.65. The maximum atomic E-state index is 12.2. The van der Waals surface area contributed by atoms with E-state index in [1.807, 2.05) is 6.92 Å². The molecule has 2 aromatic heterocycles. The summed E-state index contributed by atoms with van der Waals surface area (Å²) >= 11 is 0. The number of nitrogen functional groups attached to an aromatic ring is 1. The van der Waals surface area contributed by atoms with E-state index in [2.05, 4.69) is 9.72 Å². The topological polar surface area (TPSA) is 124 Å². The third kappa shape index (κ3) is 3.81. The number of carbonyl (C=O) groups excluding carboxylic acids is 1. The van der Waals surface area contributed by atoms with Gasteiger partial charge in [0.2, 0.25) is 5.76 Å². The van der Waals surface area contributed by atoms with Gasteiger partial charge in [0.15, 0.2) is 0 Å². The Labute approximate surface area is 150 Å². The minimum atomic E-state index is -0.570. The van der Waals surface area contributed by atoms with Gasteiger partial charge in [-0.1, -0.05) is 13.3 Å². The van der Waals surface area contributed by atoms with Crippen LogP contribution >= 0.6 is 0 Å². The van der Waals surface area contributed by atoms with Crippen molar-refractivity contribution in [1.29, 1.82) is 0 Å². The fourth-order valence-electron chi connectivity index (χ4n) is 2.72. The van der Waals surface area contributed by atoms with Gasteiger partial charge >= 0.3 is 11.7 Å². The Bertz CT molecular complexity index is 909. The van der Waals surface area contributed by atoms with Gasteiger partial charge in [0.25, 0.3) is 5.56 Å². The summed E-state index contributed by atoms with van der Waals surface area (Å²) in [5.74, 6) is 0.120. The minimum Gasteiger partial charge on any atom is -0.463 e. The highest BCUT2D eigenvalue weighted by atomic mass is 16.5. The zero-order chi connectivity index (χ0) is 19.4. The Morgan fingerprint density at radius 2 is 2.12 bits per heavy atom. The van der Waals surface area contributed by atoms with Crippen LogP contribution in [0.5, 0.6) is 0 Å². The Hall–Kier alpha value is -2.97. The molecular weight excluding hydrogens is 340 g/mol. The molecule has 26 heavy (non-hydrogen) atoms. The molecule has 2 heterocycles. The second kappa shape index (κ2) is 7.94. The number of nitrogens with zero attached hydrogens (tertiary/aromatic N) is 2. The first-order chi connectivity index (χ1) is 12.3. The third-order valence-corrected chi connectivity index (χ3v) is 4.06. The molecule has 0 aliphatic carbocycles. The van der Waals surface area contributed by atoms with E-state index < -0.39 is 17.2 Å². The van der Waals surface area contributed by atoms with Gasteiger partial charge in [0, 0.05) is 19.2 Å². The molecule has 0 saturated heterocycles.